The summed E-state index contributed by atoms with van der Waals surface area (Å²) < 4.78 is 5.36. The van der Waals surface area contributed by atoms with Crippen molar-refractivity contribution in [2.24, 2.45) is 11.8 Å². The maximum absolute atomic E-state index is 6.27. The van der Waals surface area contributed by atoms with E-state index < -0.39 is 0 Å². The van der Waals surface area contributed by atoms with E-state index in [1.807, 2.05) is 0 Å². The quantitative estimate of drug-likeness (QED) is 0.625. The second-order valence-corrected chi connectivity index (χ2v) is 5.06. The van der Waals surface area contributed by atoms with Gasteiger partial charge in [0.2, 0.25) is 0 Å². The number of rotatable bonds is 2. The standard InChI is InChI=1S/C11H19ClO/c12-11-3-1-2-10(11)8-9-4-6-13-7-5-9/h9-11H,1-8H2. The Hall–Kier alpha value is 0.250. The first-order chi connectivity index (χ1) is 6.36. The van der Waals surface area contributed by atoms with Crippen molar-refractivity contribution >= 4 is 11.6 Å². The average molecular weight is 203 g/mol. The molecule has 0 spiro atoms. The first-order valence-corrected chi connectivity index (χ1v) is 6.01. The van der Waals surface area contributed by atoms with Gasteiger partial charge in [-0.2, -0.15) is 0 Å². The number of halogens is 1. The van der Waals surface area contributed by atoms with Crippen molar-refractivity contribution in [1.29, 1.82) is 0 Å². The molecule has 0 bridgehead atoms. The Labute approximate surface area is 85.8 Å². The molecule has 2 atom stereocenters. The van der Waals surface area contributed by atoms with Crippen LogP contribution >= 0.6 is 11.6 Å². The van der Waals surface area contributed by atoms with Crippen molar-refractivity contribution in [3.8, 4) is 0 Å². The van der Waals surface area contributed by atoms with Gasteiger partial charge in [0.05, 0.1) is 0 Å². The predicted octanol–water partition coefficient (Wildman–Crippen LogP) is 3.21. The minimum absolute atomic E-state index is 0.475. The summed E-state index contributed by atoms with van der Waals surface area (Å²) in [5, 5.41) is 0.475. The summed E-state index contributed by atoms with van der Waals surface area (Å²) >= 11 is 6.27. The van der Waals surface area contributed by atoms with Crippen molar-refractivity contribution in [3.63, 3.8) is 0 Å². The van der Waals surface area contributed by atoms with E-state index in [4.69, 9.17) is 16.3 Å². The van der Waals surface area contributed by atoms with Gasteiger partial charge in [-0.15, -0.1) is 11.6 Å². The molecule has 2 unspecified atom stereocenters. The number of hydrogen-bond donors (Lipinski definition) is 0. The predicted molar refractivity (Wildman–Crippen MR) is 55.1 cm³/mol. The molecular formula is C11H19ClO. The molecule has 0 amide bonds. The van der Waals surface area contributed by atoms with Gasteiger partial charge in [0.25, 0.3) is 0 Å². The minimum Gasteiger partial charge on any atom is -0.381 e. The molecule has 1 heterocycles. The van der Waals surface area contributed by atoms with Crippen molar-refractivity contribution < 1.29 is 4.74 Å². The highest BCUT2D eigenvalue weighted by Crippen LogP contribution is 2.36. The summed E-state index contributed by atoms with van der Waals surface area (Å²) in [6.45, 7) is 1.95. The van der Waals surface area contributed by atoms with Gasteiger partial charge in [0, 0.05) is 18.6 Å². The molecule has 1 saturated carbocycles. The minimum atomic E-state index is 0.475. The van der Waals surface area contributed by atoms with E-state index in [9.17, 15) is 0 Å². The first-order valence-electron chi connectivity index (χ1n) is 5.58. The Morgan fingerprint density at radius 2 is 1.85 bits per heavy atom. The van der Waals surface area contributed by atoms with Gasteiger partial charge >= 0.3 is 0 Å². The van der Waals surface area contributed by atoms with Crippen molar-refractivity contribution in [3.05, 3.63) is 0 Å². The third kappa shape index (κ3) is 2.60. The lowest BCUT2D eigenvalue weighted by Gasteiger charge is -2.25. The molecule has 2 fully saturated rings. The molecule has 0 aromatic rings. The molecule has 1 aliphatic carbocycles. The Morgan fingerprint density at radius 1 is 1.08 bits per heavy atom. The first kappa shape index (κ1) is 9.79. The maximum atomic E-state index is 6.27. The summed E-state index contributed by atoms with van der Waals surface area (Å²) in [5.74, 6) is 1.71. The molecule has 13 heavy (non-hydrogen) atoms. The Bertz CT molecular complexity index is 154. The van der Waals surface area contributed by atoms with Crippen LogP contribution in [-0.4, -0.2) is 18.6 Å². The molecule has 1 saturated heterocycles. The highest BCUT2D eigenvalue weighted by atomic mass is 35.5. The zero-order valence-corrected chi connectivity index (χ0v) is 8.93. The van der Waals surface area contributed by atoms with Gasteiger partial charge in [-0.3, -0.25) is 0 Å². The van der Waals surface area contributed by atoms with Crippen LogP contribution in [0.25, 0.3) is 0 Å². The van der Waals surface area contributed by atoms with E-state index in [0.717, 1.165) is 25.0 Å². The summed E-state index contributed by atoms with van der Waals surface area (Å²) in [4.78, 5) is 0. The topological polar surface area (TPSA) is 9.23 Å². The smallest absolute Gasteiger partial charge is 0.0468 e. The summed E-state index contributed by atoms with van der Waals surface area (Å²) in [6.07, 6.45) is 7.85. The molecule has 1 aliphatic heterocycles. The largest absolute Gasteiger partial charge is 0.381 e. The summed E-state index contributed by atoms with van der Waals surface area (Å²) in [7, 11) is 0. The van der Waals surface area contributed by atoms with Crippen LogP contribution in [0.15, 0.2) is 0 Å². The third-order valence-corrected chi connectivity index (χ3v) is 4.12. The van der Waals surface area contributed by atoms with Crippen LogP contribution in [0.4, 0.5) is 0 Å². The molecule has 0 N–H and O–H groups in total. The molecule has 1 nitrogen and oxygen atoms in total. The van der Waals surface area contributed by atoms with Gasteiger partial charge in [-0.05, 0) is 43.9 Å². The summed E-state index contributed by atoms with van der Waals surface area (Å²) in [5.41, 5.74) is 0. The van der Waals surface area contributed by atoms with E-state index in [1.165, 1.54) is 38.5 Å². The molecule has 0 radical (unpaired) electrons. The second-order valence-electron chi connectivity index (χ2n) is 4.50. The van der Waals surface area contributed by atoms with E-state index in [0.29, 0.717) is 5.38 Å². The van der Waals surface area contributed by atoms with Crippen LogP contribution in [0.1, 0.15) is 38.5 Å². The van der Waals surface area contributed by atoms with Crippen LogP contribution in [0.5, 0.6) is 0 Å². The highest BCUT2D eigenvalue weighted by Gasteiger charge is 2.28. The van der Waals surface area contributed by atoms with E-state index >= 15 is 0 Å². The fraction of sp³-hybridized carbons (Fsp3) is 1.00. The number of hydrogen-bond acceptors (Lipinski definition) is 1. The maximum Gasteiger partial charge on any atom is 0.0468 e. The van der Waals surface area contributed by atoms with Crippen LogP contribution in [0.3, 0.4) is 0 Å². The highest BCUT2D eigenvalue weighted by molar-refractivity contribution is 6.20. The Morgan fingerprint density at radius 3 is 2.46 bits per heavy atom. The molecule has 0 aromatic carbocycles. The van der Waals surface area contributed by atoms with Crippen LogP contribution < -0.4 is 0 Å². The molecule has 76 valence electrons. The van der Waals surface area contributed by atoms with Gasteiger partial charge in [0.1, 0.15) is 0 Å². The lowest BCUT2D eigenvalue weighted by Crippen LogP contribution is -2.20. The SMILES string of the molecule is ClC1CCCC1CC1CCOCC1. The average Bonchev–Trinajstić information content (AvgIpc) is 2.54. The zero-order valence-electron chi connectivity index (χ0n) is 8.18. The van der Waals surface area contributed by atoms with E-state index in [-0.39, 0.29) is 0 Å². The third-order valence-electron chi connectivity index (χ3n) is 3.54. The van der Waals surface area contributed by atoms with Crippen LogP contribution in [0.2, 0.25) is 0 Å². The van der Waals surface area contributed by atoms with Crippen LogP contribution in [-0.2, 0) is 4.74 Å². The van der Waals surface area contributed by atoms with Gasteiger partial charge in [-0.1, -0.05) is 6.42 Å². The lowest BCUT2D eigenvalue weighted by atomic mass is 9.88. The zero-order chi connectivity index (χ0) is 9.10. The molecule has 2 rings (SSSR count). The van der Waals surface area contributed by atoms with Crippen molar-refractivity contribution in [1.82, 2.24) is 0 Å². The number of ether oxygens (including phenoxy) is 1. The molecule has 0 aromatic heterocycles. The molecular weight excluding hydrogens is 184 g/mol. The number of alkyl halides is 1. The lowest BCUT2D eigenvalue weighted by molar-refractivity contribution is 0.0590. The molecule has 2 aliphatic rings. The second kappa shape index (κ2) is 4.65. The van der Waals surface area contributed by atoms with Gasteiger partial charge in [-0.25, -0.2) is 0 Å². The van der Waals surface area contributed by atoms with E-state index in [2.05, 4.69) is 0 Å². The van der Waals surface area contributed by atoms with Crippen LogP contribution in [0, 0.1) is 11.8 Å². The van der Waals surface area contributed by atoms with Gasteiger partial charge < -0.3 is 4.74 Å². The van der Waals surface area contributed by atoms with Crippen molar-refractivity contribution in [2.45, 2.75) is 43.9 Å². The Kier molecular flexibility index (Phi) is 3.51. The van der Waals surface area contributed by atoms with E-state index in [1.54, 1.807) is 0 Å². The summed E-state index contributed by atoms with van der Waals surface area (Å²) in [6, 6.07) is 0. The van der Waals surface area contributed by atoms with Crippen molar-refractivity contribution in [2.75, 3.05) is 13.2 Å². The Balaban J connectivity index is 1.75. The molecule has 2 heteroatoms. The fourth-order valence-electron chi connectivity index (χ4n) is 2.67. The monoisotopic (exact) mass is 202 g/mol. The fourth-order valence-corrected chi connectivity index (χ4v) is 3.05. The normalized spacial score (nSPS) is 36.7. The van der Waals surface area contributed by atoms with Gasteiger partial charge in [0.15, 0.2) is 0 Å².